The molecule has 90 valence electrons. The standard InChI is InChI=1S/C11H13BrN4O/c1-3-16-7-8(12)6-9(16)11(17)14-10-4-5-13-15(10)2/h4-7H,3H2,1-2H3,(H,14,17). The van der Waals surface area contributed by atoms with Crippen molar-refractivity contribution in [2.75, 3.05) is 5.32 Å². The van der Waals surface area contributed by atoms with Crippen molar-refractivity contribution in [1.82, 2.24) is 14.3 Å². The number of carbonyl (C=O) groups excluding carboxylic acids is 1. The van der Waals surface area contributed by atoms with Crippen LogP contribution in [0.4, 0.5) is 5.82 Å². The minimum absolute atomic E-state index is 0.138. The van der Waals surface area contributed by atoms with Crippen molar-refractivity contribution in [3.05, 3.63) is 34.7 Å². The molecule has 0 fully saturated rings. The second-order valence-electron chi connectivity index (χ2n) is 3.62. The molecule has 0 aliphatic carbocycles. The fourth-order valence-corrected chi connectivity index (χ4v) is 2.07. The quantitative estimate of drug-likeness (QED) is 0.944. The van der Waals surface area contributed by atoms with Gasteiger partial charge in [0, 0.05) is 30.3 Å². The number of nitrogens with zero attached hydrogens (tertiary/aromatic N) is 3. The van der Waals surface area contributed by atoms with Crippen molar-refractivity contribution in [3.8, 4) is 0 Å². The molecule has 0 aliphatic heterocycles. The SMILES string of the molecule is CCn1cc(Br)cc1C(=O)Nc1ccnn1C. The number of aryl methyl sites for hydroxylation is 2. The van der Waals surface area contributed by atoms with Crippen molar-refractivity contribution in [2.45, 2.75) is 13.5 Å². The molecule has 0 saturated carbocycles. The number of carbonyl (C=O) groups is 1. The van der Waals surface area contributed by atoms with Crippen molar-refractivity contribution >= 4 is 27.7 Å². The molecule has 0 aliphatic rings. The van der Waals surface area contributed by atoms with Crippen molar-refractivity contribution in [1.29, 1.82) is 0 Å². The Morgan fingerprint density at radius 1 is 1.59 bits per heavy atom. The number of halogens is 1. The molecule has 1 N–H and O–H groups in total. The normalized spacial score (nSPS) is 10.5. The fourth-order valence-electron chi connectivity index (χ4n) is 1.60. The van der Waals surface area contributed by atoms with Gasteiger partial charge in [-0.2, -0.15) is 5.10 Å². The maximum Gasteiger partial charge on any atom is 0.273 e. The van der Waals surface area contributed by atoms with Gasteiger partial charge in [-0.3, -0.25) is 9.48 Å². The molecule has 0 atom stereocenters. The van der Waals surface area contributed by atoms with Crippen LogP contribution in [0.15, 0.2) is 29.0 Å². The predicted molar refractivity (Wildman–Crippen MR) is 69.0 cm³/mol. The van der Waals surface area contributed by atoms with E-state index >= 15 is 0 Å². The molecule has 5 nitrogen and oxygen atoms in total. The van der Waals surface area contributed by atoms with E-state index in [-0.39, 0.29) is 5.91 Å². The summed E-state index contributed by atoms with van der Waals surface area (Å²) in [6.45, 7) is 2.74. The van der Waals surface area contributed by atoms with Gasteiger partial charge in [0.15, 0.2) is 0 Å². The third kappa shape index (κ3) is 2.41. The van der Waals surface area contributed by atoms with E-state index in [1.54, 1.807) is 30.1 Å². The van der Waals surface area contributed by atoms with Crippen molar-refractivity contribution in [2.24, 2.45) is 7.05 Å². The van der Waals surface area contributed by atoms with Gasteiger partial charge in [-0.05, 0) is 28.9 Å². The van der Waals surface area contributed by atoms with Crippen LogP contribution >= 0.6 is 15.9 Å². The Balaban J connectivity index is 2.23. The van der Waals surface area contributed by atoms with Crippen LogP contribution in [0.25, 0.3) is 0 Å². The molecule has 6 heteroatoms. The number of nitrogens with one attached hydrogen (secondary N) is 1. The van der Waals surface area contributed by atoms with Crippen LogP contribution in [-0.2, 0) is 13.6 Å². The lowest BCUT2D eigenvalue weighted by molar-refractivity contribution is 0.101. The lowest BCUT2D eigenvalue weighted by atomic mass is 10.4. The Bertz CT molecular complexity index is 543. The highest BCUT2D eigenvalue weighted by Gasteiger charge is 2.13. The van der Waals surface area contributed by atoms with Crippen LogP contribution in [0.2, 0.25) is 0 Å². The Labute approximate surface area is 108 Å². The van der Waals surface area contributed by atoms with E-state index in [9.17, 15) is 4.79 Å². The van der Waals surface area contributed by atoms with E-state index in [0.717, 1.165) is 11.0 Å². The van der Waals surface area contributed by atoms with Gasteiger partial charge in [-0.15, -0.1) is 0 Å². The monoisotopic (exact) mass is 296 g/mol. The first-order valence-corrected chi connectivity index (χ1v) is 6.06. The van der Waals surface area contributed by atoms with Gasteiger partial charge >= 0.3 is 0 Å². The van der Waals surface area contributed by atoms with Gasteiger partial charge in [-0.25, -0.2) is 0 Å². The molecule has 0 bridgehead atoms. The molecule has 2 rings (SSSR count). The van der Waals surface area contributed by atoms with Gasteiger partial charge < -0.3 is 9.88 Å². The first kappa shape index (κ1) is 11.9. The molecule has 17 heavy (non-hydrogen) atoms. The number of rotatable bonds is 3. The van der Waals surface area contributed by atoms with Gasteiger partial charge in [-0.1, -0.05) is 0 Å². The van der Waals surface area contributed by atoms with E-state index in [1.165, 1.54) is 0 Å². The second kappa shape index (κ2) is 4.75. The van der Waals surface area contributed by atoms with Crippen LogP contribution in [-0.4, -0.2) is 20.3 Å². The van der Waals surface area contributed by atoms with E-state index in [1.807, 2.05) is 17.7 Å². The van der Waals surface area contributed by atoms with Crippen LogP contribution in [0.3, 0.4) is 0 Å². The molecule has 2 aromatic heterocycles. The lowest BCUT2D eigenvalue weighted by Gasteiger charge is -2.07. The highest BCUT2D eigenvalue weighted by atomic mass is 79.9. The minimum Gasteiger partial charge on any atom is -0.343 e. The number of hydrogen-bond acceptors (Lipinski definition) is 2. The number of anilines is 1. The zero-order valence-electron chi connectivity index (χ0n) is 9.64. The topological polar surface area (TPSA) is 51.9 Å². The van der Waals surface area contributed by atoms with Crippen molar-refractivity contribution < 1.29 is 4.79 Å². The molecular weight excluding hydrogens is 284 g/mol. The minimum atomic E-state index is -0.138. The number of hydrogen-bond donors (Lipinski definition) is 1. The molecule has 0 aromatic carbocycles. The lowest BCUT2D eigenvalue weighted by Crippen LogP contribution is -2.18. The van der Waals surface area contributed by atoms with Crippen molar-refractivity contribution in [3.63, 3.8) is 0 Å². The third-order valence-electron chi connectivity index (χ3n) is 2.50. The average molecular weight is 297 g/mol. The maximum atomic E-state index is 12.1. The number of aromatic nitrogens is 3. The summed E-state index contributed by atoms with van der Waals surface area (Å²) in [4.78, 5) is 12.1. The van der Waals surface area contributed by atoms with Gasteiger partial charge in [0.25, 0.3) is 5.91 Å². The van der Waals surface area contributed by atoms with Crippen LogP contribution in [0.5, 0.6) is 0 Å². The largest absolute Gasteiger partial charge is 0.343 e. The van der Waals surface area contributed by atoms with Crippen LogP contribution in [0, 0.1) is 0 Å². The Hall–Kier alpha value is -1.56. The summed E-state index contributed by atoms with van der Waals surface area (Å²) in [6.07, 6.45) is 3.53. The molecule has 0 unspecified atom stereocenters. The van der Waals surface area contributed by atoms with Gasteiger partial charge in [0.05, 0.1) is 6.20 Å². The summed E-state index contributed by atoms with van der Waals surface area (Å²) in [6, 6.07) is 3.56. The smallest absolute Gasteiger partial charge is 0.273 e. The van der Waals surface area contributed by atoms with E-state index < -0.39 is 0 Å². The summed E-state index contributed by atoms with van der Waals surface area (Å²) in [7, 11) is 1.78. The molecule has 0 saturated heterocycles. The maximum absolute atomic E-state index is 12.1. The summed E-state index contributed by atoms with van der Waals surface area (Å²) in [5.41, 5.74) is 0.626. The fraction of sp³-hybridized carbons (Fsp3) is 0.273. The third-order valence-corrected chi connectivity index (χ3v) is 2.93. The van der Waals surface area contributed by atoms with E-state index in [2.05, 4.69) is 26.3 Å². The van der Waals surface area contributed by atoms with Gasteiger partial charge in [0.2, 0.25) is 0 Å². The summed E-state index contributed by atoms with van der Waals surface area (Å²) >= 11 is 3.37. The van der Waals surface area contributed by atoms with Gasteiger partial charge in [0.1, 0.15) is 11.5 Å². The Kier molecular flexibility index (Phi) is 3.33. The number of amides is 1. The Morgan fingerprint density at radius 3 is 2.94 bits per heavy atom. The first-order chi connectivity index (χ1) is 8.11. The zero-order chi connectivity index (χ0) is 12.4. The first-order valence-electron chi connectivity index (χ1n) is 5.27. The predicted octanol–water partition coefficient (Wildman–Crippen LogP) is 2.26. The molecular formula is C11H13BrN4O. The summed E-state index contributed by atoms with van der Waals surface area (Å²) < 4.78 is 4.40. The zero-order valence-corrected chi connectivity index (χ0v) is 11.2. The average Bonchev–Trinajstić information content (AvgIpc) is 2.85. The second-order valence-corrected chi connectivity index (χ2v) is 4.54. The van der Waals surface area contributed by atoms with Crippen LogP contribution in [0.1, 0.15) is 17.4 Å². The summed E-state index contributed by atoms with van der Waals surface area (Å²) in [5, 5.41) is 6.81. The molecule has 0 radical (unpaired) electrons. The highest BCUT2D eigenvalue weighted by molar-refractivity contribution is 9.10. The summed E-state index contributed by atoms with van der Waals surface area (Å²) in [5.74, 6) is 0.538. The highest BCUT2D eigenvalue weighted by Crippen LogP contribution is 2.16. The molecule has 0 spiro atoms. The molecule has 1 amide bonds. The van der Waals surface area contributed by atoms with E-state index in [0.29, 0.717) is 11.5 Å². The Morgan fingerprint density at radius 2 is 2.35 bits per heavy atom. The van der Waals surface area contributed by atoms with E-state index in [4.69, 9.17) is 0 Å². The van der Waals surface area contributed by atoms with Crippen LogP contribution < -0.4 is 5.32 Å². The molecule has 2 aromatic rings. The molecule has 2 heterocycles.